The molecule has 29 heavy (non-hydrogen) atoms. The number of ether oxygens (including phenoxy) is 1. The van der Waals surface area contributed by atoms with Crippen LogP contribution in [-0.2, 0) is 17.7 Å². The lowest BCUT2D eigenvalue weighted by molar-refractivity contribution is 0.120. The molecule has 6 rings (SSSR count). The van der Waals surface area contributed by atoms with Crippen molar-refractivity contribution in [3.63, 3.8) is 0 Å². The highest BCUT2D eigenvalue weighted by molar-refractivity contribution is 5.88. The van der Waals surface area contributed by atoms with Crippen molar-refractivity contribution < 1.29 is 9.15 Å². The third kappa shape index (κ3) is 2.78. The topological polar surface area (TPSA) is 57.5 Å². The van der Waals surface area contributed by atoms with Crippen LogP contribution in [0.5, 0.6) is 0 Å². The van der Waals surface area contributed by atoms with Crippen LogP contribution in [0.4, 0.5) is 11.7 Å². The zero-order chi connectivity index (χ0) is 19.4. The molecule has 2 aliphatic rings. The number of H-pyrrole nitrogens is 1. The molecule has 0 radical (unpaired) electrons. The maximum Gasteiger partial charge on any atom is 0.298 e. The number of nitrogens with zero attached hydrogens (tertiary/aromatic N) is 3. The Morgan fingerprint density at radius 1 is 1.03 bits per heavy atom. The second-order valence-corrected chi connectivity index (χ2v) is 8.00. The van der Waals surface area contributed by atoms with E-state index in [9.17, 15) is 0 Å². The third-order valence-electron chi connectivity index (χ3n) is 6.23. The second kappa shape index (κ2) is 6.52. The molecule has 0 amide bonds. The smallest absolute Gasteiger partial charge is 0.298 e. The Labute approximate surface area is 169 Å². The molecule has 4 aromatic rings. The van der Waals surface area contributed by atoms with Gasteiger partial charge in [0.05, 0.1) is 13.2 Å². The molecule has 0 atom stereocenters. The minimum Gasteiger partial charge on any atom is -0.423 e. The Morgan fingerprint density at radius 2 is 1.93 bits per heavy atom. The van der Waals surface area contributed by atoms with Gasteiger partial charge in [-0.15, -0.1) is 0 Å². The molecular formula is C23H24N4O2. The van der Waals surface area contributed by atoms with Gasteiger partial charge in [0, 0.05) is 60.4 Å². The van der Waals surface area contributed by atoms with E-state index in [4.69, 9.17) is 14.1 Å². The standard InChI is InChI=1S/C23H24N4O2/c1-15-3-2-4-17-18-14-27(8-7-19(18)24-22(15)17)16-5-6-21-20(13-16)25-23(29-21)26-9-11-28-12-10-26/h2-6,13,24H,7-12,14H2,1H3. The summed E-state index contributed by atoms with van der Waals surface area (Å²) in [6, 6.07) is 13.6. The average Bonchev–Trinajstić information content (AvgIpc) is 3.36. The minimum absolute atomic E-state index is 0.702. The Morgan fingerprint density at radius 3 is 2.83 bits per heavy atom. The highest BCUT2D eigenvalue weighted by Crippen LogP contribution is 2.33. The summed E-state index contributed by atoms with van der Waals surface area (Å²) in [6.45, 7) is 7.20. The number of aryl methyl sites for hydroxylation is 1. The van der Waals surface area contributed by atoms with Crippen LogP contribution in [-0.4, -0.2) is 42.8 Å². The predicted octanol–water partition coefficient (Wildman–Crippen LogP) is 4.02. The average molecular weight is 388 g/mol. The van der Waals surface area contributed by atoms with Crippen molar-refractivity contribution >= 4 is 33.7 Å². The molecular weight excluding hydrogens is 364 g/mol. The maximum atomic E-state index is 6.00. The molecule has 0 saturated carbocycles. The van der Waals surface area contributed by atoms with Gasteiger partial charge in [0.25, 0.3) is 6.01 Å². The van der Waals surface area contributed by atoms with E-state index >= 15 is 0 Å². The minimum atomic E-state index is 0.702. The number of benzene rings is 2. The zero-order valence-electron chi connectivity index (χ0n) is 16.6. The lowest BCUT2D eigenvalue weighted by Gasteiger charge is -2.29. The summed E-state index contributed by atoms with van der Waals surface area (Å²) >= 11 is 0. The Hall–Kier alpha value is -2.99. The van der Waals surface area contributed by atoms with Gasteiger partial charge in [0.15, 0.2) is 5.58 Å². The number of anilines is 2. The number of aromatic amines is 1. The van der Waals surface area contributed by atoms with Crippen LogP contribution in [0, 0.1) is 6.92 Å². The summed E-state index contributed by atoms with van der Waals surface area (Å²) < 4.78 is 11.4. The molecule has 148 valence electrons. The third-order valence-corrected chi connectivity index (χ3v) is 6.23. The molecule has 6 heteroatoms. The molecule has 2 aromatic carbocycles. The molecule has 0 unspecified atom stereocenters. The molecule has 0 aliphatic carbocycles. The molecule has 1 saturated heterocycles. The van der Waals surface area contributed by atoms with Gasteiger partial charge >= 0.3 is 0 Å². The van der Waals surface area contributed by atoms with Crippen molar-refractivity contribution in [2.24, 2.45) is 0 Å². The van der Waals surface area contributed by atoms with Crippen molar-refractivity contribution in [2.45, 2.75) is 19.9 Å². The van der Waals surface area contributed by atoms with Gasteiger partial charge in [0.1, 0.15) is 5.52 Å². The van der Waals surface area contributed by atoms with E-state index in [1.807, 2.05) is 0 Å². The summed E-state index contributed by atoms with van der Waals surface area (Å²) in [5.74, 6) is 0. The van der Waals surface area contributed by atoms with Crippen LogP contribution in [0.25, 0.3) is 22.0 Å². The largest absolute Gasteiger partial charge is 0.423 e. The van der Waals surface area contributed by atoms with Crippen LogP contribution >= 0.6 is 0 Å². The highest BCUT2D eigenvalue weighted by Gasteiger charge is 2.23. The fraction of sp³-hybridized carbons (Fsp3) is 0.348. The van der Waals surface area contributed by atoms with Gasteiger partial charge in [-0.25, -0.2) is 0 Å². The van der Waals surface area contributed by atoms with Crippen LogP contribution in [0.1, 0.15) is 16.8 Å². The van der Waals surface area contributed by atoms with E-state index in [1.165, 1.54) is 33.4 Å². The summed E-state index contributed by atoms with van der Waals surface area (Å²) in [4.78, 5) is 13.0. The zero-order valence-corrected chi connectivity index (χ0v) is 16.6. The lowest BCUT2D eigenvalue weighted by Crippen LogP contribution is -2.36. The summed E-state index contributed by atoms with van der Waals surface area (Å²) in [5, 5.41) is 1.35. The van der Waals surface area contributed by atoms with E-state index in [1.54, 1.807) is 0 Å². The van der Waals surface area contributed by atoms with Gasteiger partial charge in [-0.1, -0.05) is 18.2 Å². The van der Waals surface area contributed by atoms with Crippen molar-refractivity contribution in [1.82, 2.24) is 9.97 Å². The summed E-state index contributed by atoms with van der Waals surface area (Å²) in [7, 11) is 0. The molecule has 0 spiro atoms. The molecule has 2 aromatic heterocycles. The normalized spacial score (nSPS) is 17.3. The maximum absolute atomic E-state index is 6.00. The van der Waals surface area contributed by atoms with E-state index < -0.39 is 0 Å². The quantitative estimate of drug-likeness (QED) is 0.562. The molecule has 4 heterocycles. The first-order valence-electron chi connectivity index (χ1n) is 10.3. The van der Waals surface area contributed by atoms with Crippen molar-refractivity contribution in [3.8, 4) is 0 Å². The fourth-order valence-corrected chi connectivity index (χ4v) is 4.60. The van der Waals surface area contributed by atoms with E-state index in [0.29, 0.717) is 6.01 Å². The summed E-state index contributed by atoms with van der Waals surface area (Å²) in [5.41, 5.74) is 8.35. The molecule has 2 aliphatic heterocycles. The van der Waals surface area contributed by atoms with Crippen LogP contribution in [0.15, 0.2) is 40.8 Å². The molecule has 1 N–H and O–H groups in total. The van der Waals surface area contributed by atoms with Gasteiger partial charge in [-0.3, -0.25) is 0 Å². The Bertz CT molecular complexity index is 1200. The van der Waals surface area contributed by atoms with Gasteiger partial charge in [-0.2, -0.15) is 4.98 Å². The van der Waals surface area contributed by atoms with Crippen molar-refractivity contribution in [2.75, 3.05) is 42.6 Å². The monoisotopic (exact) mass is 388 g/mol. The molecule has 6 nitrogen and oxygen atoms in total. The van der Waals surface area contributed by atoms with Crippen molar-refractivity contribution in [1.29, 1.82) is 0 Å². The van der Waals surface area contributed by atoms with Crippen LogP contribution in [0.3, 0.4) is 0 Å². The number of morpholine rings is 1. The summed E-state index contributed by atoms with van der Waals surface area (Å²) in [6.07, 6.45) is 1.03. The number of aromatic nitrogens is 2. The number of fused-ring (bicyclic) bond motifs is 4. The van der Waals surface area contributed by atoms with Crippen LogP contribution < -0.4 is 9.80 Å². The molecule has 1 fully saturated rings. The number of oxazole rings is 1. The van der Waals surface area contributed by atoms with E-state index in [2.05, 4.69) is 58.1 Å². The Kier molecular flexibility index (Phi) is 3.81. The molecule has 0 bridgehead atoms. The first-order chi connectivity index (χ1) is 14.3. The van der Waals surface area contributed by atoms with E-state index in [-0.39, 0.29) is 0 Å². The second-order valence-electron chi connectivity index (χ2n) is 8.00. The number of nitrogens with one attached hydrogen (secondary N) is 1. The van der Waals surface area contributed by atoms with Gasteiger partial charge < -0.3 is 23.9 Å². The number of hydrogen-bond donors (Lipinski definition) is 1. The van der Waals surface area contributed by atoms with Gasteiger partial charge in [0.2, 0.25) is 0 Å². The van der Waals surface area contributed by atoms with E-state index in [0.717, 1.165) is 56.9 Å². The predicted molar refractivity (Wildman–Crippen MR) is 115 cm³/mol. The number of rotatable bonds is 2. The first kappa shape index (κ1) is 16.9. The van der Waals surface area contributed by atoms with Gasteiger partial charge in [-0.05, 0) is 30.7 Å². The van der Waals surface area contributed by atoms with Crippen LogP contribution in [0.2, 0.25) is 0 Å². The SMILES string of the molecule is Cc1cccc2c3c([nH]c12)CCN(c1ccc2oc(N4CCOCC4)nc2c1)C3. The highest BCUT2D eigenvalue weighted by atomic mass is 16.5. The first-order valence-corrected chi connectivity index (χ1v) is 10.3. The fourth-order valence-electron chi connectivity index (χ4n) is 4.60. The number of para-hydroxylation sites is 1. The van der Waals surface area contributed by atoms with Crippen molar-refractivity contribution in [3.05, 3.63) is 53.2 Å². The lowest BCUT2D eigenvalue weighted by atomic mass is 10.0. The Balaban J connectivity index is 1.32. The number of hydrogen-bond acceptors (Lipinski definition) is 5.